The Bertz CT molecular complexity index is 303. The first kappa shape index (κ1) is 9.06. The first-order chi connectivity index (χ1) is 5.63. The molecule has 0 radical (unpaired) electrons. The van der Waals surface area contributed by atoms with Gasteiger partial charge >= 0.3 is 6.43 Å². The number of hydrogen-bond donors (Lipinski definition) is 0. The van der Waals surface area contributed by atoms with E-state index in [0.717, 1.165) is 0 Å². The molecular weight excluding hydrogens is 188 g/mol. The van der Waals surface area contributed by atoms with Gasteiger partial charge in [0.25, 0.3) is 0 Å². The second kappa shape index (κ2) is 3.58. The highest BCUT2D eigenvalue weighted by molar-refractivity contribution is 6.32. The molecule has 0 fully saturated rings. The van der Waals surface area contributed by atoms with Crippen LogP contribution < -0.4 is 0 Å². The highest BCUT2D eigenvalue weighted by Gasteiger charge is 2.20. The van der Waals surface area contributed by atoms with Crippen LogP contribution in [0, 0.1) is 0 Å². The van der Waals surface area contributed by atoms with Gasteiger partial charge in [-0.2, -0.15) is 0 Å². The monoisotopic (exact) mass is 191 g/mol. The highest BCUT2D eigenvalue weighted by Crippen LogP contribution is 2.15. The van der Waals surface area contributed by atoms with E-state index in [1.54, 1.807) is 0 Å². The molecule has 0 aromatic carbocycles. The third-order valence-electron chi connectivity index (χ3n) is 1.22. The fourth-order valence-electron chi connectivity index (χ4n) is 0.687. The Labute approximate surface area is 72.2 Å². The molecule has 0 N–H and O–H groups in total. The molecule has 0 saturated carbocycles. The molecule has 0 aliphatic carbocycles. The third kappa shape index (κ3) is 1.76. The number of carbonyl (C=O) groups is 1. The number of ketones is 1. The Balaban J connectivity index is 3.03. The Morgan fingerprint density at radius 1 is 1.58 bits per heavy atom. The molecule has 12 heavy (non-hydrogen) atoms. The predicted octanol–water partition coefficient (Wildman–Crippen LogP) is 2.18. The number of carbonyl (C=O) groups excluding carboxylic acids is 1. The number of Topliss-reactive ketones (excluding diaryl/α,β-unsaturated/α-hetero) is 1. The van der Waals surface area contributed by atoms with Crippen LogP contribution in [0.1, 0.15) is 10.4 Å². The summed E-state index contributed by atoms with van der Waals surface area (Å²) in [7, 11) is 0. The van der Waals surface area contributed by atoms with Crippen LogP contribution in [-0.4, -0.2) is 17.2 Å². The van der Waals surface area contributed by atoms with Crippen LogP contribution in [0.5, 0.6) is 0 Å². The fourth-order valence-corrected chi connectivity index (χ4v) is 0.900. The van der Waals surface area contributed by atoms with Gasteiger partial charge in [0.1, 0.15) is 5.15 Å². The SMILES string of the molecule is O=C(c1cccnc1Cl)C(F)F. The molecule has 0 spiro atoms. The van der Waals surface area contributed by atoms with Crippen LogP contribution in [0.2, 0.25) is 5.15 Å². The molecule has 1 aromatic heterocycles. The van der Waals surface area contributed by atoms with Gasteiger partial charge in [-0.3, -0.25) is 4.79 Å². The standard InChI is InChI=1S/C7H4ClF2NO/c8-6-4(2-1-3-11-6)5(12)7(9)10/h1-3,7H. The molecule has 0 amide bonds. The summed E-state index contributed by atoms with van der Waals surface area (Å²) >= 11 is 5.40. The molecule has 0 bridgehead atoms. The van der Waals surface area contributed by atoms with Crippen LogP contribution in [0.25, 0.3) is 0 Å². The maximum absolute atomic E-state index is 11.9. The molecule has 0 atom stereocenters. The lowest BCUT2D eigenvalue weighted by Crippen LogP contribution is -2.10. The maximum Gasteiger partial charge on any atom is 0.300 e. The zero-order chi connectivity index (χ0) is 9.14. The van der Waals surface area contributed by atoms with E-state index >= 15 is 0 Å². The largest absolute Gasteiger partial charge is 0.300 e. The fraction of sp³-hybridized carbons (Fsp3) is 0.143. The summed E-state index contributed by atoms with van der Waals surface area (Å²) in [5.74, 6) is -1.30. The van der Waals surface area contributed by atoms with E-state index in [1.165, 1.54) is 18.3 Å². The van der Waals surface area contributed by atoms with Gasteiger partial charge in [0.2, 0.25) is 5.78 Å². The van der Waals surface area contributed by atoms with E-state index in [9.17, 15) is 13.6 Å². The molecule has 64 valence electrons. The minimum atomic E-state index is -3.04. The summed E-state index contributed by atoms with van der Waals surface area (Å²) in [6, 6.07) is 2.59. The molecule has 5 heteroatoms. The predicted molar refractivity (Wildman–Crippen MR) is 39.6 cm³/mol. The topological polar surface area (TPSA) is 30.0 Å². The van der Waals surface area contributed by atoms with Crippen molar-refractivity contribution in [3.05, 3.63) is 29.0 Å². The number of halogens is 3. The smallest absolute Gasteiger partial charge is 0.288 e. The first-order valence-corrected chi connectivity index (χ1v) is 3.43. The minimum absolute atomic E-state index is 0.192. The third-order valence-corrected chi connectivity index (χ3v) is 1.52. The van der Waals surface area contributed by atoms with Gasteiger partial charge in [-0.15, -0.1) is 0 Å². The summed E-state index contributed by atoms with van der Waals surface area (Å²) in [5, 5.41) is -0.192. The van der Waals surface area contributed by atoms with Crippen LogP contribution >= 0.6 is 11.6 Å². The van der Waals surface area contributed by atoms with Crippen LogP contribution in [0.4, 0.5) is 8.78 Å². The van der Waals surface area contributed by atoms with E-state index in [2.05, 4.69) is 4.98 Å². The van der Waals surface area contributed by atoms with Gasteiger partial charge in [-0.05, 0) is 12.1 Å². The zero-order valence-corrected chi connectivity index (χ0v) is 6.55. The summed E-state index contributed by atoms with van der Waals surface area (Å²) in [4.78, 5) is 14.2. The molecule has 0 unspecified atom stereocenters. The van der Waals surface area contributed by atoms with Crippen LogP contribution in [0.15, 0.2) is 18.3 Å². The van der Waals surface area contributed by atoms with Crippen molar-refractivity contribution in [1.82, 2.24) is 4.98 Å². The Morgan fingerprint density at radius 2 is 2.25 bits per heavy atom. The molecule has 0 aliphatic rings. The summed E-state index contributed by atoms with van der Waals surface area (Å²) in [5.41, 5.74) is -0.242. The van der Waals surface area contributed by atoms with Crippen molar-refractivity contribution >= 4 is 17.4 Å². The molecule has 1 aromatic rings. The Kier molecular flexibility index (Phi) is 2.70. The molecular formula is C7H4ClF2NO. The molecule has 2 nitrogen and oxygen atoms in total. The van der Waals surface area contributed by atoms with Crippen LogP contribution in [0.3, 0.4) is 0 Å². The van der Waals surface area contributed by atoms with Crippen molar-refractivity contribution < 1.29 is 13.6 Å². The van der Waals surface area contributed by atoms with Crippen molar-refractivity contribution in [2.45, 2.75) is 6.43 Å². The number of hydrogen-bond acceptors (Lipinski definition) is 2. The van der Waals surface area contributed by atoms with Gasteiger partial charge in [0.15, 0.2) is 0 Å². The van der Waals surface area contributed by atoms with Crippen molar-refractivity contribution in [2.24, 2.45) is 0 Å². The van der Waals surface area contributed by atoms with Gasteiger partial charge in [0.05, 0.1) is 5.56 Å². The van der Waals surface area contributed by atoms with E-state index in [-0.39, 0.29) is 10.7 Å². The number of nitrogens with zero attached hydrogens (tertiary/aromatic N) is 1. The second-order valence-corrected chi connectivity index (χ2v) is 2.36. The van der Waals surface area contributed by atoms with Crippen molar-refractivity contribution in [2.75, 3.05) is 0 Å². The molecule has 0 saturated heterocycles. The van der Waals surface area contributed by atoms with Gasteiger partial charge < -0.3 is 0 Å². The average molecular weight is 192 g/mol. The Hall–Kier alpha value is -1.03. The molecule has 0 aliphatic heterocycles. The van der Waals surface area contributed by atoms with Gasteiger partial charge in [-0.25, -0.2) is 13.8 Å². The highest BCUT2D eigenvalue weighted by atomic mass is 35.5. The first-order valence-electron chi connectivity index (χ1n) is 3.06. The van der Waals surface area contributed by atoms with E-state index in [0.29, 0.717) is 0 Å². The molecule has 1 rings (SSSR count). The lowest BCUT2D eigenvalue weighted by molar-refractivity contribution is 0.0678. The number of pyridine rings is 1. The minimum Gasteiger partial charge on any atom is -0.288 e. The number of alkyl halides is 2. The lowest BCUT2D eigenvalue weighted by atomic mass is 10.2. The van der Waals surface area contributed by atoms with E-state index in [1.807, 2.05) is 0 Å². The zero-order valence-electron chi connectivity index (χ0n) is 5.80. The summed E-state index contributed by atoms with van der Waals surface area (Å²) in [6.45, 7) is 0. The van der Waals surface area contributed by atoms with E-state index < -0.39 is 12.2 Å². The average Bonchev–Trinajstić information content (AvgIpc) is 2.04. The lowest BCUT2D eigenvalue weighted by Gasteiger charge is -1.99. The van der Waals surface area contributed by atoms with Crippen molar-refractivity contribution in [1.29, 1.82) is 0 Å². The quantitative estimate of drug-likeness (QED) is 0.530. The second-order valence-electron chi connectivity index (χ2n) is 2.01. The van der Waals surface area contributed by atoms with Crippen LogP contribution in [-0.2, 0) is 0 Å². The Morgan fingerprint density at radius 3 is 2.75 bits per heavy atom. The summed E-state index contributed by atoms with van der Waals surface area (Å²) < 4.78 is 23.7. The number of rotatable bonds is 2. The van der Waals surface area contributed by atoms with E-state index in [4.69, 9.17) is 11.6 Å². The molecule has 1 heterocycles. The normalized spacial score (nSPS) is 10.3. The maximum atomic E-state index is 11.9. The van der Waals surface area contributed by atoms with Crippen molar-refractivity contribution in [3.63, 3.8) is 0 Å². The number of aromatic nitrogens is 1. The van der Waals surface area contributed by atoms with Crippen molar-refractivity contribution in [3.8, 4) is 0 Å². The van der Waals surface area contributed by atoms with Gasteiger partial charge in [-0.1, -0.05) is 11.6 Å². The van der Waals surface area contributed by atoms with Gasteiger partial charge in [0, 0.05) is 6.20 Å². The summed E-state index contributed by atoms with van der Waals surface area (Å²) in [6.07, 6.45) is -1.71.